The van der Waals surface area contributed by atoms with Crippen molar-refractivity contribution in [2.45, 2.75) is 6.61 Å². The van der Waals surface area contributed by atoms with Gasteiger partial charge in [0.15, 0.2) is 0 Å². The van der Waals surface area contributed by atoms with Crippen LogP contribution in [0.25, 0.3) is 0 Å². The van der Waals surface area contributed by atoms with Gasteiger partial charge in [0.25, 0.3) is 0 Å². The fraction of sp³-hybridized carbons (Fsp3) is 0.143. The predicted molar refractivity (Wildman–Crippen MR) is 33.6 cm³/mol. The van der Waals surface area contributed by atoms with E-state index in [1.165, 1.54) is 0 Å². The van der Waals surface area contributed by atoms with Crippen LogP contribution < -0.4 is 0 Å². The molecule has 1 aromatic rings. The Bertz CT molecular complexity index is 198. The lowest BCUT2D eigenvalue weighted by atomic mass is 10.2. The van der Waals surface area contributed by atoms with Crippen LogP contribution in [-0.2, 0) is 6.61 Å². The van der Waals surface area contributed by atoms with Crippen LogP contribution >= 0.6 is 0 Å². The molecule has 0 amide bonds. The molecule has 1 heterocycles. The van der Waals surface area contributed by atoms with Gasteiger partial charge in [0.2, 0.25) is 0 Å². The molecule has 0 aromatic carbocycles. The normalized spacial score (nSPS) is 9.56. The van der Waals surface area contributed by atoms with E-state index in [0.29, 0.717) is 11.3 Å². The van der Waals surface area contributed by atoms with Crippen LogP contribution in [0.2, 0.25) is 0 Å². The van der Waals surface area contributed by atoms with Gasteiger partial charge in [0, 0.05) is 13.1 Å². The maximum atomic E-state index is 8.60. The zero-order valence-electron chi connectivity index (χ0n) is 4.91. The topological polar surface area (TPSA) is 33.1 Å². The molecular weight excluding hydrogens is 114 g/mol. The molecule has 46 valence electrons. The highest BCUT2D eigenvalue weighted by atomic mass is 16.3. The Kier molecular flexibility index (Phi) is 1.80. The van der Waals surface area contributed by atoms with E-state index >= 15 is 0 Å². The van der Waals surface area contributed by atoms with Crippen molar-refractivity contribution in [2.75, 3.05) is 0 Å². The maximum Gasteiger partial charge on any atom is 0.0699 e. The second-order valence-electron chi connectivity index (χ2n) is 1.71. The number of aromatic nitrogens is 1. The standard InChI is InChI=1S/C7H7NO/c1-6-7(5-9)3-2-4-8-6/h1-4,9H,5H2. The summed E-state index contributed by atoms with van der Waals surface area (Å²) in [5, 5.41) is 8.60. The molecule has 2 radical (unpaired) electrons. The molecular formula is C7H7NO. The highest BCUT2D eigenvalue weighted by Crippen LogP contribution is 2.01. The second-order valence-corrected chi connectivity index (χ2v) is 1.71. The minimum Gasteiger partial charge on any atom is -0.392 e. The fourth-order valence-electron chi connectivity index (χ4n) is 0.585. The first-order valence-electron chi connectivity index (χ1n) is 2.65. The minimum atomic E-state index is -0.0420. The molecule has 0 saturated heterocycles. The molecule has 1 aromatic heterocycles. The monoisotopic (exact) mass is 121 g/mol. The first-order valence-corrected chi connectivity index (χ1v) is 2.65. The van der Waals surface area contributed by atoms with E-state index in [-0.39, 0.29) is 6.61 Å². The number of rotatable bonds is 1. The van der Waals surface area contributed by atoms with Crippen molar-refractivity contribution in [3.8, 4) is 0 Å². The van der Waals surface area contributed by atoms with Gasteiger partial charge < -0.3 is 5.11 Å². The molecule has 0 aliphatic rings. The first-order chi connectivity index (χ1) is 4.34. The van der Waals surface area contributed by atoms with Crippen molar-refractivity contribution in [3.63, 3.8) is 0 Å². The van der Waals surface area contributed by atoms with E-state index in [1.54, 1.807) is 18.3 Å². The molecule has 0 fully saturated rings. The van der Waals surface area contributed by atoms with Crippen LogP contribution in [0.1, 0.15) is 11.3 Å². The molecule has 0 unspecified atom stereocenters. The van der Waals surface area contributed by atoms with Crippen LogP contribution in [0, 0.1) is 6.92 Å². The molecule has 0 bridgehead atoms. The van der Waals surface area contributed by atoms with Crippen LogP contribution in [0.4, 0.5) is 0 Å². The van der Waals surface area contributed by atoms with Crippen LogP contribution in [-0.4, -0.2) is 10.1 Å². The lowest BCUT2D eigenvalue weighted by molar-refractivity contribution is 0.281. The Morgan fingerprint density at radius 1 is 1.67 bits per heavy atom. The van der Waals surface area contributed by atoms with Gasteiger partial charge in [-0.1, -0.05) is 6.07 Å². The summed E-state index contributed by atoms with van der Waals surface area (Å²) < 4.78 is 0. The van der Waals surface area contributed by atoms with E-state index in [4.69, 9.17) is 12.0 Å². The van der Waals surface area contributed by atoms with Crippen molar-refractivity contribution in [1.29, 1.82) is 0 Å². The summed E-state index contributed by atoms with van der Waals surface area (Å²) >= 11 is 0. The van der Waals surface area contributed by atoms with Crippen molar-refractivity contribution in [2.24, 2.45) is 0 Å². The third-order valence-corrected chi connectivity index (χ3v) is 1.10. The van der Waals surface area contributed by atoms with Crippen LogP contribution in [0.5, 0.6) is 0 Å². The molecule has 1 rings (SSSR count). The largest absolute Gasteiger partial charge is 0.392 e. The molecule has 0 spiro atoms. The first kappa shape index (κ1) is 6.23. The third kappa shape index (κ3) is 1.27. The number of hydrogen-bond acceptors (Lipinski definition) is 2. The fourth-order valence-corrected chi connectivity index (χ4v) is 0.585. The Balaban J connectivity index is 3.01. The van der Waals surface area contributed by atoms with Gasteiger partial charge >= 0.3 is 0 Å². The minimum absolute atomic E-state index is 0.0420. The maximum absolute atomic E-state index is 8.60. The van der Waals surface area contributed by atoms with Gasteiger partial charge in [0.05, 0.1) is 12.3 Å². The highest BCUT2D eigenvalue weighted by Gasteiger charge is 1.92. The summed E-state index contributed by atoms with van der Waals surface area (Å²) in [6.45, 7) is 5.32. The molecule has 0 aliphatic heterocycles. The molecule has 9 heavy (non-hydrogen) atoms. The third-order valence-electron chi connectivity index (χ3n) is 1.10. The van der Waals surface area contributed by atoms with E-state index in [2.05, 4.69) is 4.98 Å². The van der Waals surface area contributed by atoms with Gasteiger partial charge in [0.1, 0.15) is 0 Å². The highest BCUT2D eigenvalue weighted by molar-refractivity contribution is 5.20. The zero-order valence-corrected chi connectivity index (χ0v) is 4.91. The second kappa shape index (κ2) is 2.60. The number of aliphatic hydroxyl groups is 1. The Hall–Kier alpha value is -0.890. The van der Waals surface area contributed by atoms with Crippen molar-refractivity contribution in [3.05, 3.63) is 36.5 Å². The number of pyridine rings is 1. The van der Waals surface area contributed by atoms with Crippen LogP contribution in [0.15, 0.2) is 18.3 Å². The average Bonchev–Trinajstić information content (AvgIpc) is 1.89. The number of aliphatic hydroxyl groups excluding tert-OH is 1. The summed E-state index contributed by atoms with van der Waals surface area (Å²) in [5.74, 6) is 0. The molecule has 2 heteroatoms. The SMILES string of the molecule is [CH]c1ncccc1CO. The van der Waals surface area contributed by atoms with Crippen molar-refractivity contribution < 1.29 is 5.11 Å². The van der Waals surface area contributed by atoms with E-state index < -0.39 is 0 Å². The van der Waals surface area contributed by atoms with E-state index in [9.17, 15) is 0 Å². The molecule has 1 N–H and O–H groups in total. The van der Waals surface area contributed by atoms with E-state index in [0.717, 1.165) is 0 Å². The van der Waals surface area contributed by atoms with Gasteiger partial charge in [-0.25, -0.2) is 0 Å². The molecule has 0 atom stereocenters. The van der Waals surface area contributed by atoms with Gasteiger partial charge in [-0.3, -0.25) is 4.98 Å². The summed E-state index contributed by atoms with van der Waals surface area (Å²) in [6, 6.07) is 3.48. The summed E-state index contributed by atoms with van der Waals surface area (Å²) in [7, 11) is 0. The van der Waals surface area contributed by atoms with Gasteiger partial charge in [-0.15, -0.1) is 0 Å². The number of hydrogen-bond donors (Lipinski definition) is 1. The molecule has 2 nitrogen and oxygen atoms in total. The molecule has 0 saturated carbocycles. The summed E-state index contributed by atoms with van der Waals surface area (Å²) in [5.41, 5.74) is 1.08. The summed E-state index contributed by atoms with van der Waals surface area (Å²) in [6.07, 6.45) is 1.59. The average molecular weight is 121 g/mol. The Morgan fingerprint density at radius 2 is 2.44 bits per heavy atom. The van der Waals surface area contributed by atoms with Crippen LogP contribution in [0.3, 0.4) is 0 Å². The quantitative estimate of drug-likeness (QED) is 0.591. The molecule has 0 aliphatic carbocycles. The van der Waals surface area contributed by atoms with Crippen molar-refractivity contribution >= 4 is 0 Å². The lowest BCUT2D eigenvalue weighted by Crippen LogP contribution is -1.89. The van der Waals surface area contributed by atoms with Gasteiger partial charge in [-0.2, -0.15) is 0 Å². The number of nitrogens with zero attached hydrogens (tertiary/aromatic N) is 1. The summed E-state index contributed by atoms with van der Waals surface area (Å²) in [4.78, 5) is 3.77. The Labute approximate surface area is 54.2 Å². The van der Waals surface area contributed by atoms with Crippen molar-refractivity contribution in [1.82, 2.24) is 4.98 Å². The zero-order chi connectivity index (χ0) is 6.69. The Morgan fingerprint density at radius 3 is 2.89 bits per heavy atom. The van der Waals surface area contributed by atoms with Gasteiger partial charge in [-0.05, 0) is 11.6 Å². The van der Waals surface area contributed by atoms with E-state index in [1.807, 2.05) is 0 Å². The lowest BCUT2D eigenvalue weighted by Gasteiger charge is -1.96. The predicted octanol–water partition coefficient (Wildman–Crippen LogP) is 0.633. The smallest absolute Gasteiger partial charge is 0.0699 e.